The summed E-state index contributed by atoms with van der Waals surface area (Å²) >= 11 is 0. The first-order valence-corrected chi connectivity index (χ1v) is 29.4. The van der Waals surface area contributed by atoms with Gasteiger partial charge in [-0.25, -0.2) is 4.57 Å². The first kappa shape index (κ1) is 65.5. The topological polar surface area (TPSA) is 184 Å². The molecule has 6 N–H and O–H groups in total. The van der Waals surface area contributed by atoms with Crippen LogP contribution in [0.1, 0.15) is 219 Å². The molecule has 1 unspecified atom stereocenters. The van der Waals surface area contributed by atoms with Crippen LogP contribution in [0.4, 0.5) is 0 Å². The van der Waals surface area contributed by atoms with Gasteiger partial charge in [0.1, 0.15) is 37.6 Å². The number of allylic oxidation sites excluding steroid dienone is 5. The fourth-order valence-corrected chi connectivity index (χ4v) is 9.08. The van der Waals surface area contributed by atoms with Crippen molar-refractivity contribution in [3.63, 3.8) is 0 Å². The Morgan fingerprint density at radius 1 is 0.623 bits per heavy atom. The molecule has 1 fully saturated rings. The lowest BCUT2D eigenvalue weighted by Crippen LogP contribution is -2.60. The van der Waals surface area contributed by atoms with Gasteiger partial charge < -0.3 is 44.6 Å². The van der Waals surface area contributed by atoms with E-state index in [2.05, 4.69) is 43.5 Å². The maximum atomic E-state index is 13.2. The molecule has 1 heterocycles. The molecule has 69 heavy (non-hydrogen) atoms. The molecular formula is C55H106N2O11P+. The second-order valence-electron chi connectivity index (χ2n) is 20.7. The summed E-state index contributed by atoms with van der Waals surface area (Å²) < 4.78 is 34.7. The van der Waals surface area contributed by atoms with Crippen molar-refractivity contribution in [1.29, 1.82) is 0 Å². The number of hydrogen-bond donors (Lipinski definition) is 6. The Morgan fingerprint density at radius 3 is 1.59 bits per heavy atom. The summed E-state index contributed by atoms with van der Waals surface area (Å²) in [7, 11) is 1.17. The average Bonchev–Trinajstić information content (AvgIpc) is 3.30. The molecule has 0 aromatic heterocycles. The third-order valence-corrected chi connectivity index (χ3v) is 13.9. The second kappa shape index (κ2) is 43.0. The number of phosphoric ester groups is 1. The number of hydrogen-bond acceptors (Lipinski definition) is 10. The van der Waals surface area contributed by atoms with Crippen LogP contribution in [-0.4, -0.2) is 126 Å². The third-order valence-electron chi connectivity index (χ3n) is 13.0. The molecule has 8 atom stereocenters. The van der Waals surface area contributed by atoms with Crippen LogP contribution in [0, 0.1) is 0 Å². The van der Waals surface area contributed by atoms with Crippen molar-refractivity contribution in [1.82, 2.24) is 5.32 Å². The first-order chi connectivity index (χ1) is 33.2. The second-order valence-corrected chi connectivity index (χ2v) is 22.1. The van der Waals surface area contributed by atoms with Gasteiger partial charge in [-0.1, -0.05) is 211 Å². The van der Waals surface area contributed by atoms with Crippen LogP contribution in [0.3, 0.4) is 0 Å². The van der Waals surface area contributed by atoms with E-state index in [1.807, 2.05) is 27.2 Å². The van der Waals surface area contributed by atoms with E-state index in [0.717, 1.165) is 44.9 Å². The Hall–Kier alpha value is -1.48. The number of carbonyl (C=O) groups is 1. The maximum Gasteiger partial charge on any atom is 0.472 e. The largest absolute Gasteiger partial charge is 0.472 e. The number of likely N-dealkylation sites (N-methyl/N-ethyl adjacent to an activating group) is 1. The van der Waals surface area contributed by atoms with Crippen LogP contribution in [0.25, 0.3) is 0 Å². The molecule has 406 valence electrons. The molecule has 0 aromatic carbocycles. The van der Waals surface area contributed by atoms with Gasteiger partial charge in [0.25, 0.3) is 0 Å². The zero-order valence-electron chi connectivity index (χ0n) is 44.5. The number of ether oxygens (including phenoxy) is 2. The molecule has 13 nitrogen and oxygen atoms in total. The minimum Gasteiger partial charge on any atom is -0.387 e. The zero-order valence-corrected chi connectivity index (χ0v) is 45.4. The molecule has 0 bridgehead atoms. The van der Waals surface area contributed by atoms with Gasteiger partial charge in [-0.15, -0.1) is 0 Å². The number of unbranched alkanes of at least 4 members (excludes halogenated alkanes) is 27. The van der Waals surface area contributed by atoms with Crippen LogP contribution in [-0.2, 0) is 27.9 Å². The maximum absolute atomic E-state index is 13.2. The Balaban J connectivity index is 2.60. The van der Waals surface area contributed by atoms with Crippen molar-refractivity contribution < 1.29 is 57.7 Å². The number of nitrogens with one attached hydrogen (secondary N) is 1. The van der Waals surface area contributed by atoms with E-state index >= 15 is 0 Å². The normalized spacial score (nSPS) is 20.9. The molecule has 0 aliphatic carbocycles. The van der Waals surface area contributed by atoms with Gasteiger partial charge in [-0.05, 0) is 38.5 Å². The first-order valence-electron chi connectivity index (χ1n) is 27.9. The lowest BCUT2D eigenvalue weighted by Gasteiger charge is -2.40. The Bertz CT molecular complexity index is 1340. The summed E-state index contributed by atoms with van der Waals surface area (Å²) in [4.78, 5) is 23.4. The van der Waals surface area contributed by atoms with Crippen LogP contribution in [0.15, 0.2) is 36.5 Å². The Morgan fingerprint density at radius 2 is 1.09 bits per heavy atom. The lowest BCUT2D eigenvalue weighted by atomic mass is 9.99. The highest BCUT2D eigenvalue weighted by atomic mass is 31.2. The van der Waals surface area contributed by atoms with Crippen molar-refractivity contribution in [3.05, 3.63) is 36.5 Å². The molecule has 14 heteroatoms. The van der Waals surface area contributed by atoms with Gasteiger partial charge in [-0.2, -0.15) is 0 Å². The molecule has 1 aliphatic rings. The molecule has 1 amide bonds. The van der Waals surface area contributed by atoms with Gasteiger partial charge in [-0.3, -0.25) is 13.8 Å². The summed E-state index contributed by atoms with van der Waals surface area (Å²) in [5.41, 5.74) is 0. The van der Waals surface area contributed by atoms with E-state index in [4.69, 9.17) is 18.5 Å². The lowest BCUT2D eigenvalue weighted by molar-refractivity contribution is -0.870. The van der Waals surface area contributed by atoms with E-state index in [1.54, 1.807) is 6.08 Å². The van der Waals surface area contributed by atoms with Crippen molar-refractivity contribution >= 4 is 13.7 Å². The van der Waals surface area contributed by atoms with E-state index in [9.17, 15) is 34.7 Å². The quantitative estimate of drug-likeness (QED) is 0.0148. The van der Waals surface area contributed by atoms with Crippen molar-refractivity contribution in [2.45, 2.75) is 262 Å². The number of aliphatic hydroxyl groups excluding tert-OH is 4. The molecule has 1 rings (SSSR count). The van der Waals surface area contributed by atoms with Crippen molar-refractivity contribution in [2.75, 3.05) is 47.5 Å². The van der Waals surface area contributed by atoms with Gasteiger partial charge in [0.05, 0.1) is 46.5 Å². The van der Waals surface area contributed by atoms with Crippen LogP contribution in [0.5, 0.6) is 0 Å². The fourth-order valence-electron chi connectivity index (χ4n) is 8.36. The number of phosphoric acid groups is 1. The highest BCUT2D eigenvalue weighted by Crippen LogP contribution is 2.43. The van der Waals surface area contributed by atoms with Gasteiger partial charge in [0, 0.05) is 6.42 Å². The average molecular weight is 1000 g/mol. The van der Waals surface area contributed by atoms with Gasteiger partial charge in [0.2, 0.25) is 5.91 Å². The standard InChI is InChI=1S/C55H105N2O11P/c1-6-8-10-12-14-16-18-20-22-24-25-27-29-31-33-35-37-39-41-43-51(59)56-48(49(58)42-40-38-36-34-32-30-28-26-23-21-19-17-15-13-11-9-7-2)46-65-55-54(62)53(61)52(60)50(68-55)47-67-69(63,64)66-45-44-57(3,4)5/h26,28,32,34,40,42,48-50,52-55,58,60-62H,6-25,27,29-31,33,35-39,41,43-47H2,1-5H3,(H-,56,59,63,64)/p+1/b28-26-,34-32-,42-40+/t48-,49+,50+,52-,53-,54+,55+/m0/s1. The number of rotatable bonds is 47. The van der Waals surface area contributed by atoms with E-state index in [-0.39, 0.29) is 25.5 Å². The fraction of sp³-hybridized carbons (Fsp3) is 0.873. The number of carbonyl (C=O) groups excluding carboxylic acids is 1. The molecule has 1 saturated heterocycles. The van der Waals surface area contributed by atoms with E-state index in [1.165, 1.54) is 148 Å². The highest BCUT2D eigenvalue weighted by Gasteiger charge is 2.45. The van der Waals surface area contributed by atoms with Crippen LogP contribution >= 0.6 is 7.82 Å². The number of quaternary nitrogens is 1. The molecular weight excluding hydrogens is 896 g/mol. The molecule has 0 aromatic rings. The highest BCUT2D eigenvalue weighted by molar-refractivity contribution is 7.47. The molecule has 0 saturated carbocycles. The summed E-state index contributed by atoms with van der Waals surface area (Å²) in [6.45, 7) is 3.95. The summed E-state index contributed by atoms with van der Waals surface area (Å²) in [6.07, 6.45) is 41.6. The van der Waals surface area contributed by atoms with E-state index in [0.29, 0.717) is 17.4 Å². The predicted octanol–water partition coefficient (Wildman–Crippen LogP) is 11.7. The number of aliphatic hydroxyl groups is 4. The Kier molecular flexibility index (Phi) is 40.8. The summed E-state index contributed by atoms with van der Waals surface area (Å²) in [5, 5.41) is 46.2. The molecule has 1 aliphatic heterocycles. The predicted molar refractivity (Wildman–Crippen MR) is 282 cm³/mol. The van der Waals surface area contributed by atoms with Crippen LogP contribution in [0.2, 0.25) is 0 Å². The van der Waals surface area contributed by atoms with E-state index < -0.39 is 57.3 Å². The third kappa shape index (κ3) is 37.9. The number of nitrogens with zero attached hydrogens (tertiary/aromatic N) is 1. The smallest absolute Gasteiger partial charge is 0.387 e. The van der Waals surface area contributed by atoms with Crippen molar-refractivity contribution in [3.8, 4) is 0 Å². The van der Waals surface area contributed by atoms with Crippen molar-refractivity contribution in [2.24, 2.45) is 0 Å². The minimum absolute atomic E-state index is 0.0599. The molecule has 0 radical (unpaired) electrons. The van der Waals surface area contributed by atoms with Gasteiger partial charge >= 0.3 is 7.82 Å². The monoisotopic (exact) mass is 1000 g/mol. The minimum atomic E-state index is -4.53. The Labute approximate surface area is 421 Å². The number of amides is 1. The summed E-state index contributed by atoms with van der Waals surface area (Å²) in [6, 6.07) is -0.919. The van der Waals surface area contributed by atoms with Crippen LogP contribution < -0.4 is 5.32 Å². The molecule has 0 spiro atoms. The summed E-state index contributed by atoms with van der Waals surface area (Å²) in [5.74, 6) is -0.239. The SMILES string of the molecule is CCCCCCCCCC/C=C\C/C=C\CC/C=C/[C@@H](O)[C@H](CO[C@@H]1O[C@H](COP(=O)(O)OCC[N+](C)(C)C)[C@H](O)[C@H](O)[C@H]1O)NC(=O)CCCCCCCCCCCCCCCCCCCCC. The van der Waals surface area contributed by atoms with Gasteiger partial charge in [0.15, 0.2) is 6.29 Å². The zero-order chi connectivity index (χ0) is 50.9.